The van der Waals surface area contributed by atoms with Crippen LogP contribution in [0.5, 0.6) is 0 Å². The van der Waals surface area contributed by atoms with Gasteiger partial charge in [0, 0.05) is 32.6 Å². The molecule has 48 heavy (non-hydrogen) atoms. The van der Waals surface area contributed by atoms with Gasteiger partial charge in [0.2, 0.25) is 0 Å². The Kier molecular flexibility index (Phi) is 11.6. The van der Waals surface area contributed by atoms with E-state index in [-0.39, 0.29) is 11.8 Å². The Bertz CT molecular complexity index is 1670. The van der Waals surface area contributed by atoms with Gasteiger partial charge in [-0.15, -0.1) is 45.3 Å². The van der Waals surface area contributed by atoms with E-state index in [0.717, 1.165) is 89.2 Å². The van der Waals surface area contributed by atoms with E-state index in [1.165, 1.54) is 38.5 Å². The monoisotopic (exact) mass is 718 g/mol. The summed E-state index contributed by atoms with van der Waals surface area (Å²) in [6, 6.07) is 16.3. The van der Waals surface area contributed by atoms with E-state index in [2.05, 4.69) is 38.1 Å². The minimum absolute atomic E-state index is 0.0482. The maximum absolute atomic E-state index is 14.6. The van der Waals surface area contributed by atoms with Crippen molar-refractivity contribution >= 4 is 78.6 Å². The highest BCUT2D eigenvalue weighted by Gasteiger charge is 2.49. The Morgan fingerprint density at radius 2 is 0.792 bits per heavy atom. The molecule has 2 amide bonds. The number of nitrogen functional groups attached to an aromatic ring is 2. The SMILES string of the molecule is CCCCCCCCN1C(=O)C2=C(c3ccc(-c4ccc(N)s4)s3)N(CCCCCCCC)C(=O)C2=C1c1ccc(-c2ccc(N)s2)s1. The molecule has 2 aliphatic heterocycles. The van der Waals surface area contributed by atoms with Crippen LogP contribution < -0.4 is 11.5 Å². The molecule has 0 unspecified atom stereocenters. The molecule has 2 aliphatic rings. The number of amides is 2. The zero-order valence-corrected chi connectivity index (χ0v) is 31.3. The molecule has 4 N–H and O–H groups in total. The predicted molar refractivity (Wildman–Crippen MR) is 208 cm³/mol. The first-order valence-electron chi connectivity index (χ1n) is 17.5. The number of anilines is 2. The number of unbranched alkanes of at least 4 members (excludes halogenated alkanes) is 10. The fourth-order valence-electron chi connectivity index (χ4n) is 6.60. The van der Waals surface area contributed by atoms with E-state index in [9.17, 15) is 9.59 Å². The molecule has 6 nitrogen and oxygen atoms in total. The van der Waals surface area contributed by atoms with Crippen LogP contribution in [0.3, 0.4) is 0 Å². The fraction of sp³-hybridized carbons (Fsp3) is 0.421. The number of hydrogen-bond donors (Lipinski definition) is 2. The summed E-state index contributed by atoms with van der Waals surface area (Å²) in [6.45, 7) is 5.66. The first-order valence-corrected chi connectivity index (χ1v) is 20.7. The van der Waals surface area contributed by atoms with Crippen molar-refractivity contribution in [2.24, 2.45) is 0 Å². The van der Waals surface area contributed by atoms with Crippen LogP contribution >= 0.6 is 45.3 Å². The first kappa shape index (κ1) is 34.7. The average molecular weight is 719 g/mol. The highest BCUT2D eigenvalue weighted by Crippen LogP contribution is 2.50. The second-order valence-electron chi connectivity index (χ2n) is 12.6. The Morgan fingerprint density at radius 3 is 1.17 bits per heavy atom. The summed E-state index contributed by atoms with van der Waals surface area (Å²) in [4.78, 5) is 39.4. The maximum atomic E-state index is 14.6. The summed E-state index contributed by atoms with van der Waals surface area (Å²) in [6.07, 6.45) is 13.6. The third-order valence-electron chi connectivity index (χ3n) is 9.07. The number of fused-ring (bicyclic) bond motifs is 1. The molecular weight excluding hydrogens is 673 g/mol. The molecule has 0 radical (unpaired) electrons. The molecule has 10 heteroatoms. The summed E-state index contributed by atoms with van der Waals surface area (Å²) in [7, 11) is 0. The van der Waals surface area contributed by atoms with E-state index in [4.69, 9.17) is 11.5 Å². The molecule has 6 heterocycles. The molecule has 0 spiro atoms. The van der Waals surface area contributed by atoms with E-state index in [1.54, 1.807) is 45.3 Å². The summed E-state index contributed by atoms with van der Waals surface area (Å²) < 4.78 is 0. The second-order valence-corrected chi connectivity index (χ2v) is 17.0. The van der Waals surface area contributed by atoms with Gasteiger partial charge in [0.15, 0.2) is 0 Å². The van der Waals surface area contributed by atoms with Gasteiger partial charge < -0.3 is 21.3 Å². The van der Waals surface area contributed by atoms with Crippen molar-refractivity contribution in [1.29, 1.82) is 0 Å². The molecule has 0 fully saturated rings. The molecule has 0 aliphatic carbocycles. The Hall–Kier alpha value is -3.18. The van der Waals surface area contributed by atoms with E-state index in [1.807, 2.05) is 34.1 Å². The lowest BCUT2D eigenvalue weighted by molar-refractivity contribution is -0.124. The van der Waals surface area contributed by atoms with Gasteiger partial charge in [0.1, 0.15) is 0 Å². The highest BCUT2D eigenvalue weighted by atomic mass is 32.1. The zero-order valence-electron chi connectivity index (χ0n) is 28.0. The quantitative estimate of drug-likeness (QED) is 0.100. The molecular formula is C38H46N4O2S4. The topological polar surface area (TPSA) is 92.7 Å². The summed E-state index contributed by atoms with van der Waals surface area (Å²) in [5.41, 5.74) is 14.8. The predicted octanol–water partition coefficient (Wildman–Crippen LogP) is 11.0. The third-order valence-corrected chi connectivity index (χ3v) is 13.5. The molecule has 0 atom stereocenters. The van der Waals surface area contributed by atoms with Crippen molar-refractivity contribution in [3.63, 3.8) is 0 Å². The van der Waals surface area contributed by atoms with Crippen LogP contribution in [0.15, 0.2) is 59.7 Å². The molecule has 254 valence electrons. The molecule has 6 rings (SSSR count). The van der Waals surface area contributed by atoms with Gasteiger partial charge in [-0.2, -0.15) is 0 Å². The molecule has 4 aromatic heterocycles. The van der Waals surface area contributed by atoms with Crippen LogP contribution in [-0.2, 0) is 9.59 Å². The number of carbonyl (C=O) groups is 2. The number of nitrogens with two attached hydrogens (primary N) is 2. The lowest BCUT2D eigenvalue weighted by atomic mass is 10.1. The minimum Gasteiger partial charge on any atom is -0.391 e. The van der Waals surface area contributed by atoms with Gasteiger partial charge in [0.05, 0.1) is 42.3 Å². The highest BCUT2D eigenvalue weighted by molar-refractivity contribution is 7.25. The summed E-state index contributed by atoms with van der Waals surface area (Å²) >= 11 is 6.39. The fourth-order valence-corrected chi connectivity index (χ4v) is 10.5. The number of hydrogen-bond acceptors (Lipinski definition) is 8. The standard InChI is InChI=1S/C38H46N4O2S4/c1-3-5-7-9-11-13-23-41-35(29-17-15-25(45-29)27-19-21-31(39)47-27)33-34(37(41)43)36(42(38(33)44)24-14-12-10-8-6-4-2)30-18-16-26(46-30)28-20-22-32(40)48-28/h15-22H,3-14,23-24,39-40H2,1-2H3. The normalized spacial score (nSPS) is 14.8. The van der Waals surface area contributed by atoms with Crippen molar-refractivity contribution in [1.82, 2.24) is 9.80 Å². The van der Waals surface area contributed by atoms with Crippen molar-refractivity contribution < 1.29 is 9.59 Å². The van der Waals surface area contributed by atoms with Crippen molar-refractivity contribution in [2.75, 3.05) is 24.6 Å². The van der Waals surface area contributed by atoms with Crippen LogP contribution in [0.25, 0.3) is 30.9 Å². The van der Waals surface area contributed by atoms with Crippen molar-refractivity contribution in [3.8, 4) is 19.5 Å². The summed E-state index contributed by atoms with van der Waals surface area (Å²) in [5.74, 6) is -0.0963. The Morgan fingerprint density at radius 1 is 0.458 bits per heavy atom. The molecule has 0 saturated heterocycles. The first-order chi connectivity index (χ1) is 23.4. The van der Waals surface area contributed by atoms with Crippen molar-refractivity contribution in [3.05, 3.63) is 69.4 Å². The number of nitrogens with zero attached hydrogens (tertiary/aromatic N) is 2. The van der Waals surface area contributed by atoms with E-state index >= 15 is 0 Å². The van der Waals surface area contributed by atoms with Gasteiger partial charge in [0.25, 0.3) is 11.8 Å². The number of carbonyl (C=O) groups excluding carboxylic acids is 2. The van der Waals surface area contributed by atoms with Gasteiger partial charge in [-0.05, 0) is 61.4 Å². The average Bonchev–Trinajstić information content (AvgIpc) is 3.93. The third kappa shape index (κ3) is 7.37. The van der Waals surface area contributed by atoms with Crippen LogP contribution in [-0.4, -0.2) is 34.7 Å². The minimum atomic E-state index is -0.0482. The van der Waals surface area contributed by atoms with Crippen molar-refractivity contribution in [2.45, 2.75) is 90.9 Å². The lowest BCUT2D eigenvalue weighted by Gasteiger charge is -2.24. The van der Waals surface area contributed by atoms with Gasteiger partial charge in [-0.3, -0.25) is 9.59 Å². The zero-order chi connectivity index (χ0) is 33.6. The van der Waals surface area contributed by atoms with Crippen LogP contribution in [0, 0.1) is 0 Å². The van der Waals surface area contributed by atoms with Gasteiger partial charge in [-0.1, -0.05) is 78.1 Å². The smallest absolute Gasteiger partial charge is 0.261 e. The molecule has 0 bridgehead atoms. The van der Waals surface area contributed by atoms with Crippen LogP contribution in [0.2, 0.25) is 0 Å². The Balaban J connectivity index is 1.40. The molecule has 0 saturated carbocycles. The van der Waals surface area contributed by atoms with Gasteiger partial charge in [-0.25, -0.2) is 0 Å². The van der Waals surface area contributed by atoms with Crippen LogP contribution in [0.4, 0.5) is 10.0 Å². The van der Waals surface area contributed by atoms with E-state index in [0.29, 0.717) is 24.2 Å². The van der Waals surface area contributed by atoms with Gasteiger partial charge >= 0.3 is 0 Å². The Labute approximate surface area is 300 Å². The summed E-state index contributed by atoms with van der Waals surface area (Å²) in [5, 5.41) is 1.55. The second kappa shape index (κ2) is 16.0. The van der Waals surface area contributed by atoms with Crippen LogP contribution in [0.1, 0.15) is 101 Å². The molecule has 4 aromatic rings. The van der Waals surface area contributed by atoms with E-state index < -0.39 is 0 Å². The largest absolute Gasteiger partial charge is 0.391 e. The lowest BCUT2D eigenvalue weighted by Crippen LogP contribution is -2.30. The maximum Gasteiger partial charge on any atom is 0.261 e. The molecule has 0 aromatic carbocycles. The number of thiophene rings is 4. The number of rotatable bonds is 18.